The van der Waals surface area contributed by atoms with Crippen molar-refractivity contribution in [1.29, 1.82) is 0 Å². The van der Waals surface area contributed by atoms with E-state index in [0.717, 1.165) is 17.0 Å². The van der Waals surface area contributed by atoms with Gasteiger partial charge in [-0.2, -0.15) is 0 Å². The summed E-state index contributed by atoms with van der Waals surface area (Å²) >= 11 is 11.5. The Bertz CT molecular complexity index is 608. The van der Waals surface area contributed by atoms with Crippen LogP contribution in [-0.4, -0.2) is 17.3 Å². The zero-order chi connectivity index (χ0) is 15.5. The molecule has 0 radical (unpaired) electrons. The van der Waals surface area contributed by atoms with E-state index in [0.29, 0.717) is 16.7 Å². The Hall–Kier alpha value is -1.52. The minimum Gasteiger partial charge on any atom is -0.494 e. The fourth-order valence-corrected chi connectivity index (χ4v) is 2.70. The van der Waals surface area contributed by atoms with Crippen LogP contribution in [0.4, 0.5) is 0 Å². The average Bonchev–Trinajstić information content (AvgIpc) is 2.35. The number of hydrogen-bond donors (Lipinski definition) is 2. The summed E-state index contributed by atoms with van der Waals surface area (Å²) in [5, 5.41) is 7.59. The van der Waals surface area contributed by atoms with Gasteiger partial charge in [0.05, 0.1) is 17.2 Å². The Morgan fingerprint density at radius 1 is 1.33 bits per heavy atom. The fraction of sp³-hybridized carbons (Fsp3) is 0.312. The maximum absolute atomic E-state index is 6.26. The minimum absolute atomic E-state index is 0.162. The van der Waals surface area contributed by atoms with Gasteiger partial charge in [-0.15, -0.1) is 0 Å². The van der Waals surface area contributed by atoms with Crippen LogP contribution in [0.25, 0.3) is 6.08 Å². The van der Waals surface area contributed by atoms with Crippen molar-refractivity contribution in [2.45, 2.75) is 26.3 Å². The summed E-state index contributed by atoms with van der Waals surface area (Å²) in [7, 11) is 0. The van der Waals surface area contributed by atoms with Crippen LogP contribution in [0, 0.1) is 0 Å². The summed E-state index contributed by atoms with van der Waals surface area (Å²) in [5.41, 5.74) is 1.73. The number of hydrogen-bond acceptors (Lipinski definition) is 2. The van der Waals surface area contributed by atoms with Gasteiger partial charge in [-0.1, -0.05) is 17.7 Å². The van der Waals surface area contributed by atoms with Gasteiger partial charge in [0.2, 0.25) is 0 Å². The van der Waals surface area contributed by atoms with Crippen LogP contribution >= 0.6 is 23.8 Å². The third-order valence-corrected chi connectivity index (χ3v) is 3.47. The van der Waals surface area contributed by atoms with Gasteiger partial charge in [-0.3, -0.25) is 0 Å². The van der Waals surface area contributed by atoms with Crippen LogP contribution in [0.1, 0.15) is 26.3 Å². The van der Waals surface area contributed by atoms with Crippen molar-refractivity contribution in [2.24, 2.45) is 0 Å². The van der Waals surface area contributed by atoms with Crippen molar-refractivity contribution in [3.8, 4) is 5.75 Å². The first-order valence-corrected chi connectivity index (χ1v) is 7.61. The molecule has 2 N–H and O–H groups in total. The van der Waals surface area contributed by atoms with E-state index in [1.807, 2.05) is 37.3 Å². The summed E-state index contributed by atoms with van der Waals surface area (Å²) in [6, 6.07) is 5.67. The molecule has 0 saturated carbocycles. The van der Waals surface area contributed by atoms with E-state index in [4.69, 9.17) is 28.6 Å². The van der Waals surface area contributed by atoms with Gasteiger partial charge in [0.25, 0.3) is 0 Å². The van der Waals surface area contributed by atoms with Crippen molar-refractivity contribution in [2.75, 3.05) is 6.61 Å². The molecule has 5 heteroatoms. The van der Waals surface area contributed by atoms with Gasteiger partial charge < -0.3 is 15.4 Å². The molecule has 0 amide bonds. The molecule has 0 bridgehead atoms. The van der Waals surface area contributed by atoms with E-state index in [9.17, 15) is 0 Å². The van der Waals surface area contributed by atoms with Crippen LogP contribution in [0.5, 0.6) is 5.75 Å². The van der Waals surface area contributed by atoms with E-state index in [-0.39, 0.29) is 5.54 Å². The molecule has 1 heterocycles. The Labute approximate surface area is 136 Å². The van der Waals surface area contributed by atoms with Crippen LogP contribution in [0.15, 0.2) is 36.0 Å². The van der Waals surface area contributed by atoms with Gasteiger partial charge in [-0.05, 0) is 68.9 Å². The highest BCUT2D eigenvalue weighted by Crippen LogP contribution is 2.24. The molecule has 0 saturated heterocycles. The van der Waals surface area contributed by atoms with Gasteiger partial charge in [-0.25, -0.2) is 0 Å². The fourth-order valence-electron chi connectivity index (χ4n) is 2.08. The Kier molecular flexibility index (Phi) is 4.91. The molecular formula is C16H19ClN2OS. The van der Waals surface area contributed by atoms with Crippen LogP contribution < -0.4 is 15.4 Å². The Balaban J connectivity index is 2.18. The standard InChI is InChI=1S/C16H19ClN2OS/c1-4-20-13-8-6-11(14(17)9-13)5-7-12-10-16(2,3)19-15(21)18-12/h5-10H,4H2,1-3H3,(H2,18,19,21)/b7-5+. The molecule has 0 fully saturated rings. The highest BCUT2D eigenvalue weighted by Gasteiger charge is 2.20. The summed E-state index contributed by atoms with van der Waals surface area (Å²) < 4.78 is 5.42. The zero-order valence-corrected chi connectivity index (χ0v) is 13.9. The summed E-state index contributed by atoms with van der Waals surface area (Å²) in [6.07, 6.45) is 6.01. The number of nitrogens with one attached hydrogen (secondary N) is 2. The first kappa shape index (κ1) is 15.9. The SMILES string of the molecule is CCOc1ccc(/C=C/C2=CC(C)(C)NC(=S)N2)c(Cl)c1. The smallest absolute Gasteiger partial charge is 0.171 e. The molecule has 1 aromatic carbocycles. The maximum Gasteiger partial charge on any atom is 0.171 e. The molecule has 1 aliphatic rings. The highest BCUT2D eigenvalue weighted by molar-refractivity contribution is 7.80. The topological polar surface area (TPSA) is 33.3 Å². The van der Waals surface area contributed by atoms with E-state index < -0.39 is 0 Å². The number of ether oxygens (including phenoxy) is 1. The minimum atomic E-state index is -0.162. The molecule has 0 atom stereocenters. The number of rotatable bonds is 4. The van der Waals surface area contributed by atoms with Crippen LogP contribution in [-0.2, 0) is 0 Å². The Morgan fingerprint density at radius 2 is 2.10 bits per heavy atom. The third-order valence-electron chi connectivity index (χ3n) is 2.94. The molecule has 1 aromatic rings. The molecule has 0 aromatic heterocycles. The maximum atomic E-state index is 6.26. The number of benzene rings is 1. The van der Waals surface area contributed by atoms with E-state index in [2.05, 4.69) is 30.6 Å². The number of halogens is 1. The van der Waals surface area contributed by atoms with Gasteiger partial charge in [0, 0.05) is 5.70 Å². The van der Waals surface area contributed by atoms with E-state index >= 15 is 0 Å². The molecule has 0 spiro atoms. The zero-order valence-electron chi connectivity index (χ0n) is 12.4. The molecule has 21 heavy (non-hydrogen) atoms. The highest BCUT2D eigenvalue weighted by atomic mass is 35.5. The van der Waals surface area contributed by atoms with Gasteiger partial charge in [0.15, 0.2) is 5.11 Å². The summed E-state index contributed by atoms with van der Waals surface area (Å²) in [4.78, 5) is 0. The van der Waals surface area contributed by atoms with E-state index in [1.165, 1.54) is 0 Å². The molecule has 112 valence electrons. The lowest BCUT2D eigenvalue weighted by Gasteiger charge is -2.30. The van der Waals surface area contributed by atoms with Gasteiger partial charge in [0.1, 0.15) is 5.75 Å². The first-order chi connectivity index (χ1) is 9.89. The normalized spacial score (nSPS) is 17.1. The molecule has 0 aliphatic carbocycles. The number of thiocarbonyl (C=S) groups is 1. The van der Waals surface area contributed by atoms with E-state index in [1.54, 1.807) is 0 Å². The molecule has 3 nitrogen and oxygen atoms in total. The molecular weight excluding hydrogens is 304 g/mol. The largest absolute Gasteiger partial charge is 0.494 e. The molecule has 1 aliphatic heterocycles. The quantitative estimate of drug-likeness (QED) is 0.824. The van der Waals surface area contributed by atoms with Crippen molar-refractivity contribution < 1.29 is 4.74 Å². The summed E-state index contributed by atoms with van der Waals surface area (Å²) in [6.45, 7) is 6.71. The average molecular weight is 323 g/mol. The monoisotopic (exact) mass is 322 g/mol. The van der Waals surface area contributed by atoms with Gasteiger partial charge >= 0.3 is 0 Å². The van der Waals surface area contributed by atoms with Crippen LogP contribution in [0.3, 0.4) is 0 Å². The van der Waals surface area contributed by atoms with Crippen molar-refractivity contribution >= 4 is 35.0 Å². The second-order valence-electron chi connectivity index (χ2n) is 5.35. The Morgan fingerprint density at radius 3 is 2.71 bits per heavy atom. The van der Waals surface area contributed by atoms with Crippen molar-refractivity contribution in [3.63, 3.8) is 0 Å². The lowest BCUT2D eigenvalue weighted by Crippen LogP contribution is -2.51. The molecule has 0 unspecified atom stereocenters. The van der Waals surface area contributed by atoms with Crippen LogP contribution in [0.2, 0.25) is 5.02 Å². The third kappa shape index (κ3) is 4.48. The predicted octanol–water partition coefficient (Wildman–Crippen LogP) is 3.89. The second kappa shape index (κ2) is 6.50. The summed E-state index contributed by atoms with van der Waals surface area (Å²) in [5.74, 6) is 0.779. The van der Waals surface area contributed by atoms with Crippen molar-refractivity contribution in [3.05, 3.63) is 46.6 Å². The van der Waals surface area contributed by atoms with Crippen molar-refractivity contribution in [1.82, 2.24) is 10.6 Å². The lowest BCUT2D eigenvalue weighted by atomic mass is 10.0. The second-order valence-corrected chi connectivity index (χ2v) is 6.17. The molecule has 2 rings (SSSR count). The predicted molar refractivity (Wildman–Crippen MR) is 92.7 cm³/mol. The number of allylic oxidation sites excluding steroid dienone is 1. The first-order valence-electron chi connectivity index (χ1n) is 6.82. The lowest BCUT2D eigenvalue weighted by molar-refractivity contribution is 0.340.